The van der Waals surface area contributed by atoms with E-state index in [-0.39, 0.29) is 22.3 Å². The molecule has 1 amide bonds. The molecular weight excluding hydrogens is 487 g/mol. The number of hydrogen-bond acceptors (Lipinski definition) is 5. The summed E-state index contributed by atoms with van der Waals surface area (Å²) < 4.78 is 20.6. The number of halogens is 1. The van der Waals surface area contributed by atoms with E-state index >= 15 is 4.39 Å². The maximum atomic E-state index is 15.2. The quantitative estimate of drug-likeness (QED) is 0.574. The van der Waals surface area contributed by atoms with Gasteiger partial charge in [0.2, 0.25) is 0 Å². The van der Waals surface area contributed by atoms with E-state index in [1.54, 1.807) is 0 Å². The zero-order chi connectivity index (χ0) is 25.1. The van der Waals surface area contributed by atoms with Gasteiger partial charge in [-0.1, -0.05) is 36.0 Å². The normalized spacial score (nSPS) is 32.7. The lowest BCUT2D eigenvalue weighted by molar-refractivity contribution is -0.117. The number of thioether (sulfide) groups is 1. The number of ether oxygens (including phenoxy) is 1. The molecule has 2 aromatic rings. The first-order valence-electron chi connectivity index (χ1n) is 13.7. The standard InChI is InChI=1S/C30H33FN2O3S/c31-25-14-23(13-24(27(25)34)30-15-19-8-20(16-30)10-21(9-19)17-30)22-3-1-2-18(11-22)12-26-28(35)32-29(37-26)33-4-6-36-7-5-33/h1-3,11,13-14,19-21,26,34H,4-10,12,15-17H2. The number of morpholine rings is 1. The molecule has 0 spiro atoms. The van der Waals surface area contributed by atoms with Crippen LogP contribution in [0.5, 0.6) is 5.75 Å². The Morgan fingerprint density at radius 3 is 2.43 bits per heavy atom. The Labute approximate surface area is 221 Å². The van der Waals surface area contributed by atoms with Gasteiger partial charge in [0.05, 0.1) is 18.5 Å². The molecule has 4 bridgehead atoms. The molecule has 2 aliphatic heterocycles. The summed E-state index contributed by atoms with van der Waals surface area (Å²) in [4.78, 5) is 19.1. The topological polar surface area (TPSA) is 62.1 Å². The lowest BCUT2D eigenvalue weighted by Gasteiger charge is -2.57. The van der Waals surface area contributed by atoms with Crippen molar-refractivity contribution in [1.29, 1.82) is 0 Å². The van der Waals surface area contributed by atoms with Gasteiger partial charge in [0, 0.05) is 18.7 Å². The van der Waals surface area contributed by atoms with Gasteiger partial charge in [-0.25, -0.2) is 4.39 Å². The number of benzene rings is 2. The van der Waals surface area contributed by atoms with Crippen molar-refractivity contribution in [2.75, 3.05) is 26.3 Å². The average Bonchev–Trinajstić information content (AvgIpc) is 3.25. The number of aromatic hydroxyl groups is 1. The molecule has 5 fully saturated rings. The molecule has 37 heavy (non-hydrogen) atoms. The largest absolute Gasteiger partial charge is 0.505 e. The monoisotopic (exact) mass is 520 g/mol. The SMILES string of the molecule is O=C1N=C(N2CCOCC2)SC1Cc1cccc(-c2cc(F)c(O)c(C34CC5CC(CC(C5)C3)C4)c2)c1. The summed E-state index contributed by atoms with van der Waals surface area (Å²) in [6, 6.07) is 11.6. The van der Waals surface area contributed by atoms with Crippen molar-refractivity contribution < 1.29 is 19.0 Å². The van der Waals surface area contributed by atoms with E-state index in [2.05, 4.69) is 22.0 Å². The highest BCUT2D eigenvalue weighted by Crippen LogP contribution is 2.62. The van der Waals surface area contributed by atoms with Gasteiger partial charge in [-0.2, -0.15) is 4.99 Å². The van der Waals surface area contributed by atoms with Gasteiger partial charge in [0.1, 0.15) is 0 Å². The Hall–Kier alpha value is -2.38. The summed E-state index contributed by atoms with van der Waals surface area (Å²) in [5.41, 5.74) is 3.49. The Morgan fingerprint density at radius 1 is 1.03 bits per heavy atom. The van der Waals surface area contributed by atoms with Crippen molar-refractivity contribution in [1.82, 2.24) is 4.90 Å². The van der Waals surface area contributed by atoms with Gasteiger partial charge in [0.15, 0.2) is 16.7 Å². The third kappa shape index (κ3) is 4.28. The summed E-state index contributed by atoms with van der Waals surface area (Å²) in [5.74, 6) is 1.38. The van der Waals surface area contributed by atoms with Gasteiger partial charge >= 0.3 is 0 Å². The summed E-state index contributed by atoms with van der Waals surface area (Å²) in [6.07, 6.45) is 7.71. The number of hydrogen-bond donors (Lipinski definition) is 1. The number of phenolic OH excluding ortho intramolecular Hbond substituents is 1. The first-order chi connectivity index (χ1) is 18.0. The summed E-state index contributed by atoms with van der Waals surface area (Å²) in [6.45, 7) is 2.85. The number of carbonyl (C=O) groups excluding carboxylic acids is 1. The van der Waals surface area contributed by atoms with Gasteiger partial charge in [-0.05, 0) is 96.9 Å². The molecule has 6 aliphatic rings. The molecule has 2 aromatic carbocycles. The van der Waals surface area contributed by atoms with Crippen LogP contribution in [0.2, 0.25) is 0 Å². The van der Waals surface area contributed by atoms with Crippen molar-refractivity contribution in [3.05, 3.63) is 53.3 Å². The molecule has 194 valence electrons. The van der Waals surface area contributed by atoms with Crippen LogP contribution in [-0.4, -0.2) is 52.6 Å². The minimum atomic E-state index is -0.529. The molecule has 1 saturated heterocycles. The molecule has 1 N–H and O–H groups in total. The fourth-order valence-electron chi connectivity index (χ4n) is 8.10. The Kier molecular flexibility index (Phi) is 5.85. The highest BCUT2D eigenvalue weighted by molar-refractivity contribution is 8.15. The van der Waals surface area contributed by atoms with Crippen LogP contribution in [-0.2, 0) is 21.4 Å². The van der Waals surface area contributed by atoms with E-state index < -0.39 is 5.82 Å². The van der Waals surface area contributed by atoms with Gasteiger partial charge in [-0.3, -0.25) is 4.79 Å². The first kappa shape index (κ1) is 23.7. The van der Waals surface area contributed by atoms with E-state index in [4.69, 9.17) is 4.74 Å². The summed E-state index contributed by atoms with van der Waals surface area (Å²) in [5, 5.41) is 11.5. The van der Waals surface area contributed by atoms with E-state index in [0.29, 0.717) is 37.4 Å². The second kappa shape index (κ2) is 9.12. The molecule has 4 aliphatic carbocycles. The van der Waals surface area contributed by atoms with Crippen LogP contribution in [0.4, 0.5) is 4.39 Å². The number of amidine groups is 1. The van der Waals surface area contributed by atoms with Crippen molar-refractivity contribution >= 4 is 22.8 Å². The van der Waals surface area contributed by atoms with E-state index in [1.807, 2.05) is 18.2 Å². The van der Waals surface area contributed by atoms with Gasteiger partial charge in [0.25, 0.3) is 5.91 Å². The molecule has 2 heterocycles. The minimum absolute atomic E-state index is 0.0864. The summed E-state index contributed by atoms with van der Waals surface area (Å²) >= 11 is 1.54. The first-order valence-corrected chi connectivity index (χ1v) is 14.6. The number of phenols is 1. The third-order valence-corrected chi connectivity index (χ3v) is 10.6. The molecule has 4 saturated carbocycles. The van der Waals surface area contributed by atoms with E-state index in [0.717, 1.165) is 59.8 Å². The third-order valence-electron chi connectivity index (χ3n) is 9.36. The zero-order valence-corrected chi connectivity index (χ0v) is 21.8. The van der Waals surface area contributed by atoms with E-state index in [1.165, 1.54) is 37.1 Å². The van der Waals surface area contributed by atoms with Crippen LogP contribution < -0.4 is 0 Å². The molecule has 5 nitrogen and oxygen atoms in total. The van der Waals surface area contributed by atoms with Crippen LogP contribution in [0.3, 0.4) is 0 Å². The number of aliphatic imine (C=N–C) groups is 1. The maximum absolute atomic E-state index is 15.2. The zero-order valence-electron chi connectivity index (χ0n) is 21.0. The Morgan fingerprint density at radius 2 is 1.73 bits per heavy atom. The second-order valence-electron chi connectivity index (χ2n) is 11.9. The number of amides is 1. The van der Waals surface area contributed by atoms with E-state index in [9.17, 15) is 9.90 Å². The average molecular weight is 521 g/mol. The van der Waals surface area contributed by atoms with Crippen molar-refractivity contribution in [3.63, 3.8) is 0 Å². The number of carbonyl (C=O) groups is 1. The van der Waals surface area contributed by atoms with Crippen molar-refractivity contribution in [2.24, 2.45) is 22.7 Å². The predicted molar refractivity (Wildman–Crippen MR) is 143 cm³/mol. The molecule has 7 heteroatoms. The number of nitrogens with zero attached hydrogens (tertiary/aromatic N) is 2. The van der Waals surface area contributed by atoms with Crippen LogP contribution >= 0.6 is 11.8 Å². The highest BCUT2D eigenvalue weighted by Gasteiger charge is 2.52. The maximum Gasteiger partial charge on any atom is 0.262 e. The van der Waals surface area contributed by atoms with Gasteiger partial charge in [-0.15, -0.1) is 0 Å². The highest BCUT2D eigenvalue weighted by atomic mass is 32.2. The van der Waals surface area contributed by atoms with Gasteiger partial charge < -0.3 is 14.7 Å². The smallest absolute Gasteiger partial charge is 0.262 e. The lowest BCUT2D eigenvalue weighted by Crippen LogP contribution is -2.48. The predicted octanol–water partition coefficient (Wildman–Crippen LogP) is 5.54. The number of rotatable bonds is 4. The van der Waals surface area contributed by atoms with Crippen LogP contribution in [0.25, 0.3) is 11.1 Å². The molecule has 1 unspecified atom stereocenters. The Bertz CT molecular complexity index is 1240. The summed E-state index contributed by atoms with van der Waals surface area (Å²) in [7, 11) is 0. The lowest BCUT2D eigenvalue weighted by atomic mass is 9.48. The van der Waals surface area contributed by atoms with Crippen molar-refractivity contribution in [3.8, 4) is 16.9 Å². The van der Waals surface area contributed by atoms with Crippen LogP contribution in [0.15, 0.2) is 41.4 Å². The minimum Gasteiger partial charge on any atom is -0.505 e. The molecule has 1 atom stereocenters. The Balaban J connectivity index is 1.14. The molecule has 0 aromatic heterocycles. The second-order valence-corrected chi connectivity index (χ2v) is 13.1. The van der Waals surface area contributed by atoms with Crippen LogP contribution in [0, 0.1) is 23.6 Å². The molecule has 0 radical (unpaired) electrons. The fraction of sp³-hybridized carbons (Fsp3) is 0.533. The molecule has 8 rings (SSSR count). The van der Waals surface area contributed by atoms with Crippen molar-refractivity contribution in [2.45, 2.75) is 55.6 Å². The fourth-order valence-corrected chi connectivity index (χ4v) is 9.26. The molecular formula is C30H33FN2O3S. The van der Waals surface area contributed by atoms with Crippen LogP contribution in [0.1, 0.15) is 49.7 Å².